The van der Waals surface area contributed by atoms with Crippen LogP contribution in [0.4, 0.5) is 11.4 Å². The van der Waals surface area contributed by atoms with Crippen LogP contribution in [-0.4, -0.2) is 53.2 Å². The lowest BCUT2D eigenvalue weighted by Crippen LogP contribution is -2.28. The highest BCUT2D eigenvalue weighted by atomic mass is 32.2. The van der Waals surface area contributed by atoms with Crippen molar-refractivity contribution in [2.24, 2.45) is 0 Å². The molecule has 0 amide bonds. The molecule has 8 heteroatoms. The summed E-state index contributed by atoms with van der Waals surface area (Å²) in [6.07, 6.45) is 15.1. The maximum Gasteiger partial charge on any atom is 0.305 e. The van der Waals surface area contributed by atoms with Crippen LogP contribution in [0.25, 0.3) is 21.5 Å². The standard InChI is InChI=1S/C42H44N2O5S/c1-41(2)36(43(27-14-15-29-50(47,48)49)34-24-22-30-16-10-12-18-32(30)39(34)41)20-8-6-5-7-9-21-37-42(3,4)40-33-19-13-11-17-31(33)23-25-35(40)44(37)28-26-38(45)46/h5-13,16-25H,14-15,26-29H2,1-4H3,(H-,45,46,47,48,49). The van der Waals surface area contributed by atoms with E-state index in [0.717, 1.165) is 28.2 Å². The van der Waals surface area contributed by atoms with Gasteiger partial charge in [-0.2, -0.15) is 4.58 Å². The third kappa shape index (κ3) is 6.82. The molecule has 50 heavy (non-hydrogen) atoms. The van der Waals surface area contributed by atoms with Crippen molar-refractivity contribution in [3.63, 3.8) is 0 Å². The number of hydrogen-bond acceptors (Lipinski definition) is 5. The van der Waals surface area contributed by atoms with E-state index in [0.29, 0.717) is 25.9 Å². The molecular weight excluding hydrogens is 645 g/mol. The molecule has 0 radical (unpaired) electrons. The van der Waals surface area contributed by atoms with Gasteiger partial charge in [-0.3, -0.25) is 4.79 Å². The molecule has 4 aromatic rings. The van der Waals surface area contributed by atoms with E-state index < -0.39 is 16.1 Å². The number of anilines is 1. The zero-order valence-corrected chi connectivity index (χ0v) is 29.9. The highest BCUT2D eigenvalue weighted by molar-refractivity contribution is 7.85. The first-order valence-corrected chi connectivity index (χ1v) is 18.7. The lowest BCUT2D eigenvalue weighted by Gasteiger charge is -2.26. The Labute approximate surface area is 295 Å². The molecule has 0 aliphatic carbocycles. The number of carboxylic acids is 1. The normalized spacial score (nSPS) is 17.7. The predicted octanol–water partition coefficient (Wildman–Crippen LogP) is 8.52. The quantitative estimate of drug-likeness (QED) is 0.0693. The van der Waals surface area contributed by atoms with Crippen molar-refractivity contribution in [2.75, 3.05) is 23.7 Å². The highest BCUT2D eigenvalue weighted by Crippen LogP contribution is 2.51. The Hall–Kier alpha value is -4.79. The average Bonchev–Trinajstić information content (AvgIpc) is 3.43. The fourth-order valence-corrected chi connectivity index (χ4v) is 8.35. The van der Waals surface area contributed by atoms with E-state index in [2.05, 4.69) is 104 Å². The van der Waals surface area contributed by atoms with Gasteiger partial charge in [-0.25, -0.2) is 8.42 Å². The second-order valence-corrected chi connectivity index (χ2v) is 15.6. The number of rotatable bonds is 12. The molecule has 0 unspecified atom stereocenters. The first kappa shape index (κ1) is 35.1. The van der Waals surface area contributed by atoms with E-state index in [1.54, 1.807) is 0 Å². The van der Waals surface area contributed by atoms with Gasteiger partial charge in [0.05, 0.1) is 22.0 Å². The van der Waals surface area contributed by atoms with Crippen molar-refractivity contribution in [2.45, 2.75) is 57.8 Å². The van der Waals surface area contributed by atoms with Crippen LogP contribution >= 0.6 is 0 Å². The Morgan fingerprint density at radius 3 is 2.10 bits per heavy atom. The fourth-order valence-electron chi connectivity index (χ4n) is 7.79. The summed E-state index contributed by atoms with van der Waals surface area (Å²) in [6.45, 7) is 9.83. The van der Waals surface area contributed by atoms with E-state index >= 15 is 0 Å². The Kier molecular flexibility index (Phi) is 9.71. The summed E-state index contributed by atoms with van der Waals surface area (Å²) < 4.78 is 36.0. The Morgan fingerprint density at radius 2 is 1.42 bits per heavy atom. The van der Waals surface area contributed by atoms with Crippen molar-refractivity contribution in [1.82, 2.24) is 0 Å². The summed E-state index contributed by atoms with van der Waals surface area (Å²) in [5, 5.41) is 14.2. The van der Waals surface area contributed by atoms with Crippen molar-refractivity contribution in [1.29, 1.82) is 0 Å². The number of hydrogen-bond donors (Lipinski definition) is 1. The van der Waals surface area contributed by atoms with Crippen LogP contribution in [0.1, 0.15) is 58.1 Å². The summed E-state index contributed by atoms with van der Waals surface area (Å²) in [7, 11) is -4.25. The third-order valence-corrected chi connectivity index (χ3v) is 10.8. The van der Waals surface area contributed by atoms with E-state index in [9.17, 15) is 22.9 Å². The summed E-state index contributed by atoms with van der Waals surface area (Å²) >= 11 is 0. The molecule has 0 aromatic heterocycles. The van der Waals surface area contributed by atoms with Crippen LogP contribution in [-0.2, 0) is 25.7 Å². The van der Waals surface area contributed by atoms with Crippen LogP contribution in [0.2, 0.25) is 0 Å². The summed E-state index contributed by atoms with van der Waals surface area (Å²) in [5.41, 5.74) is 6.14. The van der Waals surface area contributed by atoms with Gasteiger partial charge in [0.1, 0.15) is 6.54 Å². The minimum absolute atomic E-state index is 0.0394. The number of unbranched alkanes of at least 4 members (excludes halogenated alkanes) is 1. The van der Waals surface area contributed by atoms with Gasteiger partial charge in [0.2, 0.25) is 5.69 Å². The van der Waals surface area contributed by atoms with Gasteiger partial charge in [-0.15, -0.1) is 0 Å². The largest absolute Gasteiger partial charge is 0.748 e. The smallest absolute Gasteiger partial charge is 0.305 e. The van der Waals surface area contributed by atoms with E-state index in [1.165, 1.54) is 27.3 Å². The second-order valence-electron chi connectivity index (χ2n) is 14.1. The number of aliphatic carboxylic acids is 1. The molecule has 1 N–H and O–H groups in total. The van der Waals surface area contributed by atoms with Crippen LogP contribution in [0, 0.1) is 0 Å². The first-order valence-electron chi connectivity index (χ1n) is 17.2. The molecule has 0 atom stereocenters. The average molecular weight is 689 g/mol. The lowest BCUT2D eigenvalue weighted by atomic mass is 9.79. The Bertz CT molecular complexity index is 2240. The van der Waals surface area contributed by atoms with Gasteiger partial charge >= 0.3 is 5.97 Å². The van der Waals surface area contributed by atoms with Crippen molar-refractivity contribution < 1.29 is 27.4 Å². The molecule has 0 fully saturated rings. The molecule has 0 bridgehead atoms. The molecule has 6 rings (SSSR count). The SMILES string of the molecule is CC1(C)C(/C=C/C=C/C=C/C=C2/N(CCC(=O)O)c3ccc4ccccc4c3C2(C)C)=[N+](CCCCS(=O)(=O)[O-])c2ccc3ccccc3c21. The number of allylic oxidation sites excluding steroid dienone is 8. The minimum Gasteiger partial charge on any atom is -0.748 e. The van der Waals surface area contributed by atoms with E-state index in [-0.39, 0.29) is 23.0 Å². The third-order valence-electron chi connectivity index (χ3n) is 10.0. The van der Waals surface area contributed by atoms with E-state index in [4.69, 9.17) is 0 Å². The van der Waals surface area contributed by atoms with Gasteiger partial charge in [0.25, 0.3) is 0 Å². The minimum atomic E-state index is -4.25. The zero-order chi connectivity index (χ0) is 35.7. The molecular formula is C42H44N2O5S. The molecule has 7 nitrogen and oxygen atoms in total. The second kappa shape index (κ2) is 13.8. The molecule has 2 aliphatic heterocycles. The van der Waals surface area contributed by atoms with Crippen molar-refractivity contribution >= 4 is 54.7 Å². The highest BCUT2D eigenvalue weighted by Gasteiger charge is 2.45. The van der Waals surface area contributed by atoms with Crippen LogP contribution in [0.3, 0.4) is 0 Å². The van der Waals surface area contributed by atoms with Gasteiger partial charge in [0, 0.05) is 53.2 Å². The van der Waals surface area contributed by atoms with Gasteiger partial charge in [0.15, 0.2) is 5.71 Å². The molecule has 0 spiro atoms. The Balaban J connectivity index is 1.26. The number of nitrogens with zero attached hydrogens (tertiary/aromatic N) is 2. The summed E-state index contributed by atoms with van der Waals surface area (Å²) in [4.78, 5) is 13.7. The molecule has 0 saturated carbocycles. The molecule has 4 aromatic carbocycles. The van der Waals surface area contributed by atoms with Crippen LogP contribution in [0.15, 0.2) is 121 Å². The van der Waals surface area contributed by atoms with Crippen molar-refractivity contribution in [3.05, 3.63) is 132 Å². The molecule has 258 valence electrons. The lowest BCUT2D eigenvalue weighted by molar-refractivity contribution is -0.438. The number of carbonyl (C=O) groups is 1. The first-order chi connectivity index (χ1) is 23.8. The molecule has 2 heterocycles. The molecule has 2 aliphatic rings. The predicted molar refractivity (Wildman–Crippen MR) is 203 cm³/mol. The number of carboxylic acid groups (broad SMARTS) is 1. The van der Waals surface area contributed by atoms with Gasteiger partial charge in [-0.1, -0.05) is 98.8 Å². The number of fused-ring (bicyclic) bond motifs is 6. The van der Waals surface area contributed by atoms with Crippen LogP contribution in [0.5, 0.6) is 0 Å². The number of benzene rings is 4. The van der Waals surface area contributed by atoms with E-state index in [1.807, 2.05) is 48.6 Å². The van der Waals surface area contributed by atoms with Gasteiger partial charge < -0.3 is 14.6 Å². The van der Waals surface area contributed by atoms with Crippen molar-refractivity contribution in [3.8, 4) is 0 Å². The van der Waals surface area contributed by atoms with Crippen LogP contribution < -0.4 is 4.90 Å². The molecule has 0 saturated heterocycles. The summed E-state index contributed by atoms with van der Waals surface area (Å²) in [6, 6.07) is 25.2. The maximum atomic E-state index is 11.6. The Morgan fingerprint density at radius 1 is 0.800 bits per heavy atom. The zero-order valence-electron chi connectivity index (χ0n) is 29.1. The maximum absolute atomic E-state index is 11.6. The monoisotopic (exact) mass is 688 g/mol. The van der Waals surface area contributed by atoms with Gasteiger partial charge in [-0.05, 0) is 65.6 Å². The summed E-state index contributed by atoms with van der Waals surface area (Å²) in [5.74, 6) is -1.18. The fraction of sp³-hybridized carbons (Fsp3) is 0.286. The topological polar surface area (TPSA) is 101 Å².